The third-order valence-electron chi connectivity index (χ3n) is 5.58. The van der Waals surface area contributed by atoms with Gasteiger partial charge in [-0.2, -0.15) is 0 Å². The second kappa shape index (κ2) is 5.38. The molecular formula is C17H31N3S. The van der Waals surface area contributed by atoms with Crippen LogP contribution in [0.3, 0.4) is 0 Å². The maximum atomic E-state index is 5.59. The number of hydrogen-bond acceptors (Lipinski definition) is 2. The Hall–Kier alpha value is -0.350. The maximum absolute atomic E-state index is 5.59. The first-order chi connectivity index (χ1) is 9.72. The minimum atomic E-state index is 0.168. The molecule has 0 spiro atoms. The minimum Gasteiger partial charge on any atom is -0.360 e. The Balaban J connectivity index is 1.52. The highest BCUT2D eigenvalue weighted by Crippen LogP contribution is 2.44. The number of piperidine rings is 1. The normalized spacial score (nSPS) is 37.4. The van der Waals surface area contributed by atoms with E-state index in [0.29, 0.717) is 12.1 Å². The Kier molecular flexibility index (Phi) is 3.98. The molecule has 0 aromatic carbocycles. The molecule has 3 aliphatic rings. The van der Waals surface area contributed by atoms with E-state index in [1.807, 2.05) is 0 Å². The van der Waals surface area contributed by atoms with E-state index in [4.69, 9.17) is 12.2 Å². The van der Waals surface area contributed by atoms with Crippen molar-refractivity contribution in [2.75, 3.05) is 0 Å². The van der Waals surface area contributed by atoms with E-state index in [1.54, 1.807) is 0 Å². The highest BCUT2D eigenvalue weighted by Gasteiger charge is 2.41. The van der Waals surface area contributed by atoms with E-state index in [-0.39, 0.29) is 11.1 Å². The van der Waals surface area contributed by atoms with Gasteiger partial charge in [-0.25, -0.2) is 0 Å². The van der Waals surface area contributed by atoms with Gasteiger partial charge in [-0.3, -0.25) is 0 Å². The van der Waals surface area contributed by atoms with Gasteiger partial charge in [0, 0.05) is 23.2 Å². The lowest BCUT2D eigenvalue weighted by atomic mass is 9.80. The molecule has 120 valence electrons. The molecule has 3 fully saturated rings. The van der Waals surface area contributed by atoms with Crippen LogP contribution in [0.4, 0.5) is 0 Å². The van der Waals surface area contributed by atoms with E-state index in [9.17, 15) is 0 Å². The van der Waals surface area contributed by atoms with E-state index >= 15 is 0 Å². The summed E-state index contributed by atoms with van der Waals surface area (Å²) in [7, 11) is 0. The molecule has 1 aliphatic heterocycles. The van der Waals surface area contributed by atoms with Crippen molar-refractivity contribution in [3.63, 3.8) is 0 Å². The average molecular weight is 310 g/mol. The molecule has 1 heterocycles. The Morgan fingerprint density at radius 2 is 1.67 bits per heavy atom. The Labute approximate surface area is 135 Å². The summed E-state index contributed by atoms with van der Waals surface area (Å²) in [6.45, 7) is 9.15. The summed E-state index contributed by atoms with van der Waals surface area (Å²) in [5.41, 5.74) is 0.336. The van der Waals surface area contributed by atoms with Crippen LogP contribution >= 0.6 is 12.2 Å². The van der Waals surface area contributed by atoms with Crippen LogP contribution in [-0.2, 0) is 0 Å². The van der Waals surface area contributed by atoms with Crippen molar-refractivity contribution >= 4 is 17.3 Å². The molecule has 3 rings (SSSR count). The number of fused-ring (bicyclic) bond motifs is 2. The first-order valence-corrected chi connectivity index (χ1v) is 9.00. The summed E-state index contributed by atoms with van der Waals surface area (Å²) in [4.78, 5) is 0. The molecule has 2 saturated carbocycles. The van der Waals surface area contributed by atoms with E-state index in [1.165, 1.54) is 25.7 Å². The lowest BCUT2D eigenvalue weighted by Crippen LogP contribution is -2.63. The first kappa shape index (κ1) is 15.5. The molecule has 21 heavy (non-hydrogen) atoms. The van der Waals surface area contributed by atoms with Gasteiger partial charge in [-0.1, -0.05) is 6.42 Å². The van der Waals surface area contributed by atoms with E-state index in [2.05, 4.69) is 43.6 Å². The predicted molar refractivity (Wildman–Crippen MR) is 92.4 cm³/mol. The number of nitrogens with one attached hydrogen (secondary N) is 3. The summed E-state index contributed by atoms with van der Waals surface area (Å²) in [5, 5.41) is 11.8. The van der Waals surface area contributed by atoms with Crippen molar-refractivity contribution in [1.82, 2.24) is 16.0 Å². The SMILES string of the molecule is CC1(C)CC(NC(=S)NC2CC3CCC2C3)CC(C)(C)N1. The fraction of sp³-hybridized carbons (Fsp3) is 0.941. The second-order valence-corrected chi connectivity index (χ2v) is 9.31. The van der Waals surface area contributed by atoms with Crippen molar-refractivity contribution in [2.24, 2.45) is 11.8 Å². The number of hydrogen-bond donors (Lipinski definition) is 3. The summed E-state index contributed by atoms with van der Waals surface area (Å²) >= 11 is 5.59. The molecule has 3 nitrogen and oxygen atoms in total. The Morgan fingerprint density at radius 1 is 1.00 bits per heavy atom. The largest absolute Gasteiger partial charge is 0.360 e. The van der Waals surface area contributed by atoms with Gasteiger partial charge in [0.2, 0.25) is 0 Å². The van der Waals surface area contributed by atoms with Gasteiger partial charge in [0.25, 0.3) is 0 Å². The third-order valence-corrected chi connectivity index (χ3v) is 5.82. The van der Waals surface area contributed by atoms with Crippen LogP contribution in [0.1, 0.15) is 66.2 Å². The summed E-state index contributed by atoms with van der Waals surface area (Å²) < 4.78 is 0. The number of thiocarbonyl (C=S) groups is 1. The number of rotatable bonds is 2. The summed E-state index contributed by atoms with van der Waals surface area (Å²) in [6, 6.07) is 1.10. The monoisotopic (exact) mass is 309 g/mol. The molecule has 1 saturated heterocycles. The average Bonchev–Trinajstić information content (AvgIpc) is 2.85. The molecule has 3 N–H and O–H groups in total. The van der Waals surface area contributed by atoms with Crippen LogP contribution in [-0.4, -0.2) is 28.3 Å². The van der Waals surface area contributed by atoms with Crippen LogP contribution in [0.25, 0.3) is 0 Å². The zero-order chi connectivity index (χ0) is 15.3. The molecule has 2 bridgehead atoms. The van der Waals surface area contributed by atoms with E-state index in [0.717, 1.165) is 29.8 Å². The van der Waals surface area contributed by atoms with Crippen molar-refractivity contribution in [3.05, 3.63) is 0 Å². The van der Waals surface area contributed by atoms with Gasteiger partial charge in [-0.15, -0.1) is 0 Å². The van der Waals surface area contributed by atoms with E-state index < -0.39 is 0 Å². The van der Waals surface area contributed by atoms with Crippen molar-refractivity contribution < 1.29 is 0 Å². The molecule has 0 radical (unpaired) electrons. The van der Waals surface area contributed by atoms with Crippen LogP contribution in [0.15, 0.2) is 0 Å². The highest BCUT2D eigenvalue weighted by molar-refractivity contribution is 7.80. The van der Waals surface area contributed by atoms with Crippen LogP contribution in [0.5, 0.6) is 0 Å². The van der Waals surface area contributed by atoms with Crippen LogP contribution in [0.2, 0.25) is 0 Å². The summed E-state index contributed by atoms with van der Waals surface area (Å²) in [6.07, 6.45) is 7.84. The van der Waals surface area contributed by atoms with Gasteiger partial charge in [0.15, 0.2) is 5.11 Å². The molecule has 0 aromatic heterocycles. The molecular weight excluding hydrogens is 278 g/mol. The van der Waals surface area contributed by atoms with Crippen LogP contribution in [0, 0.1) is 11.8 Å². The van der Waals surface area contributed by atoms with Gasteiger partial charge >= 0.3 is 0 Å². The fourth-order valence-electron chi connectivity index (χ4n) is 5.24. The zero-order valence-electron chi connectivity index (χ0n) is 14.0. The smallest absolute Gasteiger partial charge is 0.166 e. The van der Waals surface area contributed by atoms with Crippen molar-refractivity contribution in [1.29, 1.82) is 0 Å². The van der Waals surface area contributed by atoms with Crippen LogP contribution < -0.4 is 16.0 Å². The first-order valence-electron chi connectivity index (χ1n) is 8.59. The van der Waals surface area contributed by atoms with Gasteiger partial charge in [-0.05, 0) is 83.9 Å². The molecule has 4 heteroatoms. The Morgan fingerprint density at radius 3 is 2.19 bits per heavy atom. The molecule has 3 atom stereocenters. The molecule has 3 unspecified atom stereocenters. The zero-order valence-corrected chi connectivity index (χ0v) is 14.8. The minimum absolute atomic E-state index is 0.168. The molecule has 0 amide bonds. The Bertz CT molecular complexity index is 402. The second-order valence-electron chi connectivity index (χ2n) is 8.90. The topological polar surface area (TPSA) is 36.1 Å². The van der Waals surface area contributed by atoms with Gasteiger partial charge in [0.05, 0.1) is 0 Å². The maximum Gasteiger partial charge on any atom is 0.166 e. The van der Waals surface area contributed by atoms with Crippen molar-refractivity contribution in [2.45, 2.75) is 89.4 Å². The summed E-state index contributed by atoms with van der Waals surface area (Å²) in [5.74, 6) is 1.84. The predicted octanol–water partition coefficient (Wildman–Crippen LogP) is 2.95. The third kappa shape index (κ3) is 3.70. The standard InChI is InChI=1S/C17H31N3S/c1-16(2)9-13(10-17(3,4)20-16)18-15(21)19-14-8-11-5-6-12(14)7-11/h11-14,20H,5-10H2,1-4H3,(H2,18,19,21). The quantitative estimate of drug-likeness (QED) is 0.686. The fourth-order valence-corrected chi connectivity index (χ4v) is 5.56. The lowest BCUT2D eigenvalue weighted by Gasteiger charge is -2.47. The molecule has 2 aliphatic carbocycles. The van der Waals surface area contributed by atoms with Gasteiger partial charge in [0.1, 0.15) is 0 Å². The molecule has 0 aromatic rings. The highest BCUT2D eigenvalue weighted by atomic mass is 32.1. The van der Waals surface area contributed by atoms with Gasteiger partial charge < -0.3 is 16.0 Å². The van der Waals surface area contributed by atoms with Crippen molar-refractivity contribution in [3.8, 4) is 0 Å². The lowest BCUT2D eigenvalue weighted by molar-refractivity contribution is 0.155.